The van der Waals surface area contributed by atoms with E-state index in [0.717, 1.165) is 30.6 Å². The first kappa shape index (κ1) is 23.9. The van der Waals surface area contributed by atoms with E-state index >= 15 is 0 Å². The van der Waals surface area contributed by atoms with Gasteiger partial charge in [-0.3, -0.25) is 9.80 Å². The van der Waals surface area contributed by atoms with Crippen LogP contribution < -0.4 is 19.6 Å². The van der Waals surface area contributed by atoms with Gasteiger partial charge in [-0.2, -0.15) is 0 Å². The van der Waals surface area contributed by atoms with Crippen molar-refractivity contribution < 1.29 is 19.0 Å². The van der Waals surface area contributed by atoms with Crippen LogP contribution in [0.5, 0.6) is 17.2 Å². The molecule has 2 aromatic rings. The molecule has 1 aliphatic carbocycles. The van der Waals surface area contributed by atoms with Gasteiger partial charge in [0.15, 0.2) is 11.5 Å². The van der Waals surface area contributed by atoms with E-state index in [1.54, 1.807) is 19.2 Å². The molecule has 2 aromatic carbocycles. The zero-order valence-corrected chi connectivity index (χ0v) is 20.4. The van der Waals surface area contributed by atoms with E-state index in [1.807, 2.05) is 56.3 Å². The van der Waals surface area contributed by atoms with Crippen molar-refractivity contribution in [2.24, 2.45) is 5.41 Å². The van der Waals surface area contributed by atoms with Crippen LogP contribution >= 0.6 is 0 Å². The number of hydrogen-bond acceptors (Lipinski definition) is 5. The first-order valence-corrected chi connectivity index (χ1v) is 11.8. The Hall–Kier alpha value is -3.25. The molecule has 34 heavy (non-hydrogen) atoms. The summed E-state index contributed by atoms with van der Waals surface area (Å²) in [4.78, 5) is 13.3. The van der Waals surface area contributed by atoms with Gasteiger partial charge >= 0.3 is 0 Å². The van der Waals surface area contributed by atoms with E-state index in [-0.39, 0.29) is 18.0 Å². The minimum absolute atomic E-state index is 0.0801. The number of hydrazine groups is 1. The standard InChI is InChI=1S/C28H34N2O4/c1-28(2)26(29-30(27(28)31)22-9-7-5-6-8-10-22)21-13-16-24(33-4)25(19-21)34-18-17-20-11-14-23(32-3)15-12-20/h7-16,19,22,26,29H,5-6,17-18H2,1-4H3. The summed E-state index contributed by atoms with van der Waals surface area (Å²) in [5, 5.41) is 1.76. The Morgan fingerprint density at radius 2 is 1.68 bits per heavy atom. The molecular weight excluding hydrogens is 428 g/mol. The molecule has 0 aromatic heterocycles. The molecular formula is C28H34N2O4. The predicted octanol–water partition coefficient (Wildman–Crippen LogP) is 5.01. The number of nitrogens with zero attached hydrogens (tertiary/aromatic N) is 1. The quantitative estimate of drug-likeness (QED) is 0.559. The summed E-state index contributed by atoms with van der Waals surface area (Å²) in [6.07, 6.45) is 11.2. The fourth-order valence-corrected chi connectivity index (χ4v) is 4.46. The molecule has 1 saturated heterocycles. The minimum Gasteiger partial charge on any atom is -0.497 e. The van der Waals surface area contributed by atoms with E-state index in [2.05, 4.69) is 29.7 Å². The molecule has 6 heteroatoms. The van der Waals surface area contributed by atoms with Gasteiger partial charge in [0.1, 0.15) is 5.75 Å². The Morgan fingerprint density at radius 1 is 0.971 bits per heavy atom. The fourth-order valence-electron chi connectivity index (χ4n) is 4.46. The van der Waals surface area contributed by atoms with Crippen LogP contribution in [-0.4, -0.2) is 37.8 Å². The maximum absolute atomic E-state index is 13.3. The zero-order valence-electron chi connectivity index (χ0n) is 20.4. The van der Waals surface area contributed by atoms with E-state index in [1.165, 1.54) is 5.56 Å². The predicted molar refractivity (Wildman–Crippen MR) is 133 cm³/mol. The van der Waals surface area contributed by atoms with Gasteiger partial charge in [0.25, 0.3) is 0 Å². The molecule has 0 spiro atoms. The first-order valence-electron chi connectivity index (χ1n) is 11.8. The second-order valence-corrected chi connectivity index (χ2v) is 9.24. The van der Waals surface area contributed by atoms with Crippen molar-refractivity contribution in [3.8, 4) is 17.2 Å². The molecule has 0 saturated carbocycles. The second kappa shape index (κ2) is 10.3. The average molecular weight is 463 g/mol. The SMILES string of the molecule is COc1ccc(CCOc2cc(C3NN(C4C=CCCC=C4)C(=O)C3(C)C)ccc2OC)cc1. The van der Waals surface area contributed by atoms with E-state index in [9.17, 15) is 4.79 Å². The van der Waals surface area contributed by atoms with Crippen LogP contribution in [-0.2, 0) is 11.2 Å². The Balaban J connectivity index is 1.51. The molecule has 0 radical (unpaired) electrons. The maximum atomic E-state index is 13.3. The van der Waals surface area contributed by atoms with Gasteiger partial charge in [0, 0.05) is 6.42 Å². The third-order valence-electron chi connectivity index (χ3n) is 6.55. The van der Waals surface area contributed by atoms with Gasteiger partial charge in [-0.15, -0.1) is 0 Å². The molecule has 4 rings (SSSR count). The highest BCUT2D eigenvalue weighted by atomic mass is 16.5. The lowest BCUT2D eigenvalue weighted by Gasteiger charge is -2.24. The number of allylic oxidation sites excluding steroid dienone is 2. The topological polar surface area (TPSA) is 60.0 Å². The number of benzene rings is 2. The zero-order chi connectivity index (χ0) is 24.1. The molecule has 1 unspecified atom stereocenters. The Kier molecular flexibility index (Phi) is 7.27. The van der Waals surface area contributed by atoms with Crippen molar-refractivity contribution in [2.45, 2.75) is 45.2 Å². The van der Waals surface area contributed by atoms with Gasteiger partial charge in [-0.05, 0) is 62.1 Å². The molecule has 1 fully saturated rings. The maximum Gasteiger partial charge on any atom is 0.245 e. The molecule has 6 nitrogen and oxygen atoms in total. The van der Waals surface area contributed by atoms with Crippen LogP contribution in [0, 0.1) is 5.41 Å². The summed E-state index contributed by atoms with van der Waals surface area (Å²) in [5.41, 5.74) is 5.02. The lowest BCUT2D eigenvalue weighted by molar-refractivity contribution is -0.136. The normalized spacial score (nSPS) is 19.8. The number of hydrogen-bond donors (Lipinski definition) is 1. The highest BCUT2D eigenvalue weighted by Crippen LogP contribution is 2.43. The van der Waals surface area contributed by atoms with Crippen molar-refractivity contribution in [3.05, 3.63) is 77.9 Å². The number of carbonyl (C=O) groups is 1. The van der Waals surface area contributed by atoms with Crippen molar-refractivity contribution in [2.75, 3.05) is 20.8 Å². The Morgan fingerprint density at radius 3 is 2.32 bits per heavy atom. The molecule has 1 N–H and O–H groups in total. The molecule has 2 aliphatic rings. The number of methoxy groups -OCH3 is 2. The van der Waals surface area contributed by atoms with Crippen LogP contribution in [0.2, 0.25) is 0 Å². The van der Waals surface area contributed by atoms with E-state index in [0.29, 0.717) is 18.1 Å². The summed E-state index contributed by atoms with van der Waals surface area (Å²) in [7, 11) is 3.30. The van der Waals surface area contributed by atoms with Gasteiger partial charge in [-0.1, -0.05) is 42.5 Å². The van der Waals surface area contributed by atoms with Crippen molar-refractivity contribution in [3.63, 3.8) is 0 Å². The monoisotopic (exact) mass is 462 g/mol. The van der Waals surface area contributed by atoms with Crippen LogP contribution in [0.25, 0.3) is 0 Å². The van der Waals surface area contributed by atoms with Crippen LogP contribution in [0.4, 0.5) is 0 Å². The third kappa shape index (κ3) is 4.97. The van der Waals surface area contributed by atoms with Crippen molar-refractivity contribution in [1.82, 2.24) is 10.4 Å². The largest absolute Gasteiger partial charge is 0.497 e. The number of amides is 1. The second-order valence-electron chi connectivity index (χ2n) is 9.24. The van der Waals surface area contributed by atoms with E-state index < -0.39 is 5.41 Å². The Labute approximate surface area is 202 Å². The van der Waals surface area contributed by atoms with E-state index in [4.69, 9.17) is 14.2 Å². The number of rotatable bonds is 8. The Bertz CT molecular complexity index is 1040. The van der Waals surface area contributed by atoms with Crippen LogP contribution in [0.3, 0.4) is 0 Å². The number of nitrogens with one attached hydrogen (secondary N) is 1. The molecule has 0 bridgehead atoms. The summed E-state index contributed by atoms with van der Waals surface area (Å²) in [6.45, 7) is 4.49. The summed E-state index contributed by atoms with van der Waals surface area (Å²) in [6, 6.07) is 13.6. The molecule has 1 atom stereocenters. The summed E-state index contributed by atoms with van der Waals surface area (Å²) >= 11 is 0. The van der Waals surface area contributed by atoms with Crippen molar-refractivity contribution in [1.29, 1.82) is 0 Å². The molecule has 1 aliphatic heterocycles. The highest BCUT2D eigenvalue weighted by molar-refractivity contribution is 5.85. The van der Waals surface area contributed by atoms with Gasteiger partial charge in [0.2, 0.25) is 5.91 Å². The van der Waals surface area contributed by atoms with Crippen LogP contribution in [0.1, 0.15) is 43.9 Å². The number of ether oxygens (including phenoxy) is 3. The lowest BCUT2D eigenvalue weighted by Crippen LogP contribution is -2.42. The van der Waals surface area contributed by atoms with Gasteiger partial charge in [-0.25, -0.2) is 5.43 Å². The molecule has 1 amide bonds. The number of carbonyl (C=O) groups excluding carboxylic acids is 1. The summed E-state index contributed by atoms with van der Waals surface area (Å²) < 4.78 is 16.9. The third-order valence-corrected chi connectivity index (χ3v) is 6.55. The van der Waals surface area contributed by atoms with Gasteiger partial charge in [0.05, 0.1) is 38.3 Å². The van der Waals surface area contributed by atoms with Gasteiger partial charge < -0.3 is 14.2 Å². The highest BCUT2D eigenvalue weighted by Gasteiger charge is 2.49. The first-order chi connectivity index (χ1) is 16.4. The lowest BCUT2D eigenvalue weighted by atomic mass is 9.81. The van der Waals surface area contributed by atoms with Crippen molar-refractivity contribution >= 4 is 5.91 Å². The molecule has 180 valence electrons. The fraction of sp³-hybridized carbons (Fsp3) is 0.393. The van der Waals surface area contributed by atoms with Crippen LogP contribution in [0.15, 0.2) is 66.8 Å². The smallest absolute Gasteiger partial charge is 0.245 e. The summed E-state index contributed by atoms with van der Waals surface area (Å²) in [5.74, 6) is 2.26. The average Bonchev–Trinajstić information content (AvgIpc) is 3.02. The minimum atomic E-state index is -0.608. The molecule has 1 heterocycles.